The minimum Gasteiger partial charge on any atom is -0.333 e. The first-order valence-corrected chi connectivity index (χ1v) is 6.20. The molecule has 20 heavy (non-hydrogen) atoms. The van der Waals surface area contributed by atoms with Crippen molar-refractivity contribution in [3.05, 3.63) is 71.3 Å². The lowest BCUT2D eigenvalue weighted by atomic mass is 10.1. The number of nitrogens with zero attached hydrogens (tertiary/aromatic N) is 1. The van der Waals surface area contributed by atoms with Gasteiger partial charge in [0.2, 0.25) is 0 Å². The summed E-state index contributed by atoms with van der Waals surface area (Å²) in [6.45, 7) is 1.83. The summed E-state index contributed by atoms with van der Waals surface area (Å²) in [4.78, 5) is 29.1. The molecule has 0 aliphatic rings. The molecule has 2 rings (SSSR count). The zero-order valence-corrected chi connectivity index (χ0v) is 11.4. The first-order chi connectivity index (χ1) is 9.59. The maximum atomic E-state index is 12.2. The van der Waals surface area contributed by atoms with Crippen LogP contribution in [0.3, 0.4) is 0 Å². The second-order valence-electron chi connectivity index (χ2n) is 4.36. The van der Waals surface area contributed by atoms with Gasteiger partial charge in [0.1, 0.15) is 0 Å². The van der Waals surface area contributed by atoms with Crippen LogP contribution in [0.5, 0.6) is 0 Å². The van der Waals surface area contributed by atoms with Gasteiger partial charge in [0.25, 0.3) is 5.91 Å². The Morgan fingerprint density at radius 1 is 0.950 bits per heavy atom. The monoisotopic (exact) mass is 269 g/mol. The van der Waals surface area contributed by atoms with Crippen LogP contribution in [0.25, 0.3) is 0 Å². The molecule has 0 bridgehead atoms. The molecular weight excluding hydrogens is 254 g/mol. The van der Waals surface area contributed by atoms with Gasteiger partial charge in [-0.15, -0.1) is 0 Å². The normalized spacial score (nSPS) is 9.90. The van der Waals surface area contributed by atoms with Crippen molar-refractivity contribution in [2.45, 2.75) is 6.92 Å². The molecule has 0 aliphatic carbocycles. The fraction of sp³-hybridized carbons (Fsp3) is 0.125. The van der Waals surface area contributed by atoms with Crippen LogP contribution in [0.15, 0.2) is 54.6 Å². The lowest BCUT2D eigenvalue weighted by Gasteiger charge is -2.17. The highest BCUT2D eigenvalue weighted by Gasteiger charge is 2.18. The van der Waals surface area contributed by atoms with Gasteiger partial charge in [-0.1, -0.05) is 36.4 Å². The number of carbonyl (C=O) groups excluding carboxylic acids is 2. The van der Waals surface area contributed by atoms with Gasteiger partial charge >= 0.3 is 5.97 Å². The number of aryl methyl sites for hydroxylation is 1. The Morgan fingerprint density at radius 3 is 2.20 bits per heavy atom. The van der Waals surface area contributed by atoms with E-state index < -0.39 is 5.97 Å². The number of amides is 1. The van der Waals surface area contributed by atoms with Gasteiger partial charge in [0, 0.05) is 12.6 Å². The molecule has 0 aromatic heterocycles. The van der Waals surface area contributed by atoms with Crippen molar-refractivity contribution < 1.29 is 14.4 Å². The number of carbonyl (C=O) groups is 2. The molecule has 102 valence electrons. The molecule has 2 aromatic rings. The zero-order chi connectivity index (χ0) is 14.5. The van der Waals surface area contributed by atoms with Crippen LogP contribution >= 0.6 is 0 Å². The van der Waals surface area contributed by atoms with Crippen molar-refractivity contribution in [1.29, 1.82) is 0 Å². The van der Waals surface area contributed by atoms with E-state index in [-0.39, 0.29) is 5.91 Å². The molecule has 0 saturated heterocycles. The van der Waals surface area contributed by atoms with Gasteiger partial charge in [-0.2, -0.15) is 5.06 Å². The molecule has 0 aliphatic heterocycles. The highest BCUT2D eigenvalue weighted by Crippen LogP contribution is 2.11. The molecule has 0 unspecified atom stereocenters. The van der Waals surface area contributed by atoms with Crippen LogP contribution in [-0.2, 0) is 4.84 Å². The van der Waals surface area contributed by atoms with Crippen LogP contribution in [0.1, 0.15) is 26.3 Å². The molecule has 0 N–H and O–H groups in total. The van der Waals surface area contributed by atoms with Gasteiger partial charge in [-0.3, -0.25) is 4.79 Å². The van der Waals surface area contributed by atoms with Crippen LogP contribution < -0.4 is 0 Å². The Morgan fingerprint density at radius 2 is 1.55 bits per heavy atom. The average Bonchev–Trinajstić information content (AvgIpc) is 2.48. The van der Waals surface area contributed by atoms with Crippen molar-refractivity contribution in [1.82, 2.24) is 5.06 Å². The third-order valence-electron chi connectivity index (χ3n) is 2.89. The second-order valence-corrected chi connectivity index (χ2v) is 4.36. The Kier molecular flexibility index (Phi) is 4.15. The van der Waals surface area contributed by atoms with Crippen molar-refractivity contribution in [3.63, 3.8) is 0 Å². The summed E-state index contributed by atoms with van der Waals surface area (Å²) in [6.07, 6.45) is 0. The fourth-order valence-electron chi connectivity index (χ4n) is 1.78. The smallest absolute Gasteiger partial charge is 0.333 e. The maximum absolute atomic E-state index is 12.2. The summed E-state index contributed by atoms with van der Waals surface area (Å²) in [5, 5.41) is 0.956. The van der Waals surface area contributed by atoms with Crippen molar-refractivity contribution in [2.24, 2.45) is 0 Å². The Bertz CT molecular complexity index is 623. The topological polar surface area (TPSA) is 46.6 Å². The van der Waals surface area contributed by atoms with Crippen LogP contribution in [0.4, 0.5) is 0 Å². The zero-order valence-electron chi connectivity index (χ0n) is 11.4. The van der Waals surface area contributed by atoms with E-state index in [1.807, 2.05) is 19.1 Å². The molecule has 0 heterocycles. The number of benzene rings is 2. The molecule has 2 aromatic carbocycles. The minimum absolute atomic E-state index is 0.354. The van der Waals surface area contributed by atoms with Crippen molar-refractivity contribution in [3.8, 4) is 0 Å². The molecule has 4 nitrogen and oxygen atoms in total. The highest BCUT2D eigenvalue weighted by atomic mass is 16.7. The van der Waals surface area contributed by atoms with E-state index in [0.717, 1.165) is 10.6 Å². The summed E-state index contributed by atoms with van der Waals surface area (Å²) in [7, 11) is 1.43. The van der Waals surface area contributed by atoms with E-state index in [1.165, 1.54) is 7.05 Å². The summed E-state index contributed by atoms with van der Waals surface area (Å²) in [5.74, 6) is -0.914. The van der Waals surface area contributed by atoms with Crippen LogP contribution in [0.2, 0.25) is 0 Å². The molecule has 0 fully saturated rings. The number of hydrogen-bond donors (Lipinski definition) is 0. The fourth-order valence-corrected chi connectivity index (χ4v) is 1.78. The van der Waals surface area contributed by atoms with Crippen LogP contribution in [-0.4, -0.2) is 24.0 Å². The molecule has 0 radical (unpaired) electrons. The van der Waals surface area contributed by atoms with E-state index in [2.05, 4.69) is 0 Å². The predicted octanol–water partition coefficient (Wildman–Crippen LogP) is 2.84. The Balaban J connectivity index is 2.09. The molecule has 0 spiro atoms. The SMILES string of the molecule is Cc1ccccc1C(=O)N(C)OC(=O)c1ccccc1. The number of rotatable bonds is 2. The second kappa shape index (κ2) is 6.02. The lowest BCUT2D eigenvalue weighted by Crippen LogP contribution is -2.30. The molecular formula is C16H15NO3. The average molecular weight is 269 g/mol. The van der Waals surface area contributed by atoms with E-state index in [0.29, 0.717) is 11.1 Å². The summed E-state index contributed by atoms with van der Waals surface area (Å²) >= 11 is 0. The highest BCUT2D eigenvalue weighted by molar-refractivity contribution is 5.96. The van der Waals surface area contributed by atoms with Crippen LogP contribution in [0, 0.1) is 6.92 Å². The number of hydroxylamine groups is 2. The minimum atomic E-state index is -0.560. The Hall–Kier alpha value is -2.62. The molecule has 4 heteroatoms. The Labute approximate surface area is 117 Å². The van der Waals surface area contributed by atoms with Gasteiger partial charge in [-0.05, 0) is 30.7 Å². The largest absolute Gasteiger partial charge is 0.363 e. The van der Waals surface area contributed by atoms with E-state index in [9.17, 15) is 9.59 Å². The van der Waals surface area contributed by atoms with Gasteiger partial charge < -0.3 is 4.84 Å². The van der Waals surface area contributed by atoms with Crippen molar-refractivity contribution in [2.75, 3.05) is 7.05 Å². The maximum Gasteiger partial charge on any atom is 0.363 e. The summed E-state index contributed by atoms with van der Waals surface area (Å²) < 4.78 is 0. The van der Waals surface area contributed by atoms with E-state index >= 15 is 0 Å². The van der Waals surface area contributed by atoms with Gasteiger partial charge in [-0.25, -0.2) is 4.79 Å². The van der Waals surface area contributed by atoms with Gasteiger partial charge in [0.15, 0.2) is 0 Å². The summed E-state index contributed by atoms with van der Waals surface area (Å²) in [5.41, 5.74) is 1.74. The van der Waals surface area contributed by atoms with Gasteiger partial charge in [0.05, 0.1) is 5.56 Å². The van der Waals surface area contributed by atoms with E-state index in [1.54, 1.807) is 42.5 Å². The summed E-state index contributed by atoms with van der Waals surface area (Å²) in [6, 6.07) is 15.7. The van der Waals surface area contributed by atoms with Crippen molar-refractivity contribution >= 4 is 11.9 Å². The molecule has 0 atom stereocenters. The van der Waals surface area contributed by atoms with E-state index in [4.69, 9.17) is 4.84 Å². The molecule has 1 amide bonds. The predicted molar refractivity (Wildman–Crippen MR) is 75.1 cm³/mol. The lowest BCUT2D eigenvalue weighted by molar-refractivity contribution is -0.0658. The quantitative estimate of drug-likeness (QED) is 0.788. The first-order valence-electron chi connectivity index (χ1n) is 6.20. The third-order valence-corrected chi connectivity index (χ3v) is 2.89. The standard InChI is InChI=1S/C16H15NO3/c1-12-8-6-7-11-14(12)15(18)17(2)20-16(19)13-9-4-3-5-10-13/h3-11H,1-2H3. The number of hydrogen-bond acceptors (Lipinski definition) is 3. The third kappa shape index (κ3) is 3.03. The first kappa shape index (κ1) is 13.8. The molecule has 0 saturated carbocycles.